The first kappa shape index (κ1) is 33.2. The molecule has 2 aromatic rings. The summed E-state index contributed by atoms with van der Waals surface area (Å²) in [6.07, 6.45) is 1.00. The van der Waals surface area contributed by atoms with Crippen molar-refractivity contribution in [1.29, 1.82) is 0 Å². The lowest BCUT2D eigenvalue weighted by Gasteiger charge is -2.13. The van der Waals surface area contributed by atoms with E-state index in [1.165, 1.54) is 6.92 Å². The van der Waals surface area contributed by atoms with Crippen LogP contribution in [0.1, 0.15) is 36.3 Å². The van der Waals surface area contributed by atoms with Crippen LogP contribution < -0.4 is 16.0 Å². The first-order valence-corrected chi connectivity index (χ1v) is 13.9. The van der Waals surface area contributed by atoms with Gasteiger partial charge in [0.2, 0.25) is 5.91 Å². The second-order valence-electron chi connectivity index (χ2n) is 8.39. The van der Waals surface area contributed by atoms with Gasteiger partial charge in [0, 0.05) is 25.8 Å². The maximum atomic E-state index is 12.8. The molecule has 1 aromatic heterocycles. The molecule has 0 aliphatic rings. The fourth-order valence-corrected chi connectivity index (χ4v) is 3.97. The van der Waals surface area contributed by atoms with E-state index < -0.39 is 5.91 Å². The van der Waals surface area contributed by atoms with Gasteiger partial charge in [-0.2, -0.15) is 0 Å². The summed E-state index contributed by atoms with van der Waals surface area (Å²) >= 11 is 0.975. The monoisotopic (exact) mass is 581 g/mol. The molecule has 14 heteroatoms. The topological polar surface area (TPSA) is 159 Å². The highest BCUT2D eigenvalue weighted by atomic mass is 32.1. The molecule has 13 nitrogen and oxygen atoms in total. The van der Waals surface area contributed by atoms with E-state index in [1.54, 1.807) is 25.1 Å². The van der Waals surface area contributed by atoms with E-state index in [9.17, 15) is 14.5 Å². The molecule has 0 bridgehead atoms. The summed E-state index contributed by atoms with van der Waals surface area (Å²) in [5.41, 5.74) is 1.71. The molecule has 0 saturated carbocycles. The maximum Gasteiger partial charge on any atom is 0.259 e. The summed E-state index contributed by atoms with van der Waals surface area (Å²) < 4.78 is 27.2. The second-order valence-corrected chi connectivity index (χ2v) is 9.36. The lowest BCUT2D eigenvalue weighted by molar-refractivity contribution is -0.114. The van der Waals surface area contributed by atoms with Crippen LogP contribution in [0.15, 0.2) is 23.4 Å². The highest BCUT2D eigenvalue weighted by Crippen LogP contribution is 2.31. The molecule has 0 aliphatic heterocycles. The Morgan fingerprint density at radius 2 is 1.45 bits per heavy atom. The van der Waals surface area contributed by atoms with E-state index >= 15 is 0 Å². The number of nitrogens with one attached hydrogen (secondary N) is 3. The number of carbonyl (C=O) groups excluding carboxylic acids is 2. The van der Waals surface area contributed by atoms with Crippen LogP contribution in [0, 0.1) is 11.8 Å². The van der Waals surface area contributed by atoms with E-state index in [0.29, 0.717) is 83.1 Å². The Balaban J connectivity index is 1.61. The Bertz CT molecular complexity index is 1050. The van der Waals surface area contributed by atoms with Gasteiger partial charge in [-0.25, -0.2) is 4.98 Å². The number of aromatic nitrogens is 1. The zero-order valence-corrected chi connectivity index (χ0v) is 24.1. The third-order valence-electron chi connectivity index (χ3n) is 5.06. The van der Waals surface area contributed by atoms with Gasteiger partial charge in [0.1, 0.15) is 0 Å². The maximum absolute atomic E-state index is 12.8. The predicted octanol–water partition coefficient (Wildman–Crippen LogP) is 3.97. The molecule has 222 valence electrons. The van der Waals surface area contributed by atoms with Crippen molar-refractivity contribution < 1.29 is 33.3 Å². The zero-order valence-electron chi connectivity index (χ0n) is 23.3. The van der Waals surface area contributed by atoms with Gasteiger partial charge in [0.05, 0.1) is 76.4 Å². The van der Waals surface area contributed by atoms with Gasteiger partial charge in [0.25, 0.3) is 5.91 Å². The van der Waals surface area contributed by atoms with Crippen molar-refractivity contribution in [3.8, 4) is 0 Å². The normalized spacial score (nSPS) is 10.9. The SMILES string of the molecule is CCCOCCOCCOCCOCCOCCNc1ccc(C(=O)Nc2nc(C)c(N=O)s2)c(NC(C)=O)c1. The first-order chi connectivity index (χ1) is 19.4. The smallest absolute Gasteiger partial charge is 0.259 e. The molecule has 3 N–H and O–H groups in total. The lowest BCUT2D eigenvalue weighted by atomic mass is 10.1. The fourth-order valence-electron chi connectivity index (χ4n) is 3.23. The van der Waals surface area contributed by atoms with Crippen LogP contribution in [0.3, 0.4) is 0 Å². The van der Waals surface area contributed by atoms with Gasteiger partial charge >= 0.3 is 0 Å². The number of amides is 2. The van der Waals surface area contributed by atoms with Gasteiger partial charge in [-0.15, -0.1) is 4.91 Å². The molecule has 1 aromatic carbocycles. The molecule has 0 unspecified atom stereocenters. The fraction of sp³-hybridized carbons (Fsp3) is 0.577. The molecular weight excluding hydrogens is 542 g/mol. The molecule has 40 heavy (non-hydrogen) atoms. The zero-order chi connectivity index (χ0) is 29.0. The number of ether oxygens (including phenoxy) is 5. The number of rotatable bonds is 22. The summed E-state index contributed by atoms with van der Waals surface area (Å²) in [4.78, 5) is 39.4. The van der Waals surface area contributed by atoms with Crippen LogP contribution in [0.2, 0.25) is 0 Å². The molecule has 2 rings (SSSR count). The number of nitroso groups, excluding NO2 is 1. The van der Waals surface area contributed by atoms with Gasteiger partial charge < -0.3 is 34.3 Å². The summed E-state index contributed by atoms with van der Waals surface area (Å²) in [5.74, 6) is -0.796. The van der Waals surface area contributed by atoms with Crippen molar-refractivity contribution >= 4 is 44.7 Å². The Kier molecular flexibility index (Phi) is 16.6. The molecule has 0 radical (unpaired) electrons. The van der Waals surface area contributed by atoms with Crippen molar-refractivity contribution in [3.05, 3.63) is 34.4 Å². The molecular formula is C26H39N5O8S. The van der Waals surface area contributed by atoms with E-state index in [0.717, 1.165) is 24.4 Å². The number of benzene rings is 1. The Morgan fingerprint density at radius 1 is 0.875 bits per heavy atom. The third kappa shape index (κ3) is 13.4. The summed E-state index contributed by atoms with van der Waals surface area (Å²) in [6.45, 7) is 10.8. The first-order valence-electron chi connectivity index (χ1n) is 13.1. The van der Waals surface area contributed by atoms with Crippen LogP contribution in [0.25, 0.3) is 0 Å². The average molecular weight is 582 g/mol. The minimum absolute atomic E-state index is 0.195. The van der Waals surface area contributed by atoms with E-state index in [4.69, 9.17) is 23.7 Å². The number of aryl methyl sites for hydroxylation is 1. The predicted molar refractivity (Wildman–Crippen MR) is 154 cm³/mol. The largest absolute Gasteiger partial charge is 0.383 e. The molecule has 0 saturated heterocycles. The van der Waals surface area contributed by atoms with Crippen molar-refractivity contribution in [2.24, 2.45) is 5.18 Å². The van der Waals surface area contributed by atoms with Crippen LogP contribution in [-0.4, -0.2) is 89.4 Å². The van der Waals surface area contributed by atoms with Crippen LogP contribution in [0.5, 0.6) is 0 Å². The van der Waals surface area contributed by atoms with Gasteiger partial charge in [-0.05, 0) is 36.7 Å². The molecule has 1 heterocycles. The third-order valence-corrected chi connectivity index (χ3v) is 6.01. The Morgan fingerprint density at radius 3 is 1.98 bits per heavy atom. The average Bonchev–Trinajstić information content (AvgIpc) is 3.28. The minimum Gasteiger partial charge on any atom is -0.383 e. The molecule has 0 atom stereocenters. The van der Waals surface area contributed by atoms with E-state index in [2.05, 4.69) is 33.0 Å². The van der Waals surface area contributed by atoms with Crippen LogP contribution in [-0.2, 0) is 28.5 Å². The summed E-state index contributed by atoms with van der Waals surface area (Å²) in [5, 5.41) is 11.8. The van der Waals surface area contributed by atoms with Gasteiger partial charge in [-0.1, -0.05) is 18.3 Å². The van der Waals surface area contributed by atoms with Crippen LogP contribution >= 0.6 is 11.3 Å². The van der Waals surface area contributed by atoms with Gasteiger partial charge in [0.15, 0.2) is 10.1 Å². The Labute approximate surface area is 238 Å². The quantitative estimate of drug-likeness (QED) is 0.137. The van der Waals surface area contributed by atoms with Crippen molar-refractivity contribution in [1.82, 2.24) is 4.98 Å². The number of hydrogen-bond donors (Lipinski definition) is 3. The highest BCUT2D eigenvalue weighted by Gasteiger charge is 2.16. The number of carbonyl (C=O) groups is 2. The molecule has 0 spiro atoms. The Hall–Kier alpha value is -3.01. The van der Waals surface area contributed by atoms with Crippen molar-refractivity contribution in [3.63, 3.8) is 0 Å². The van der Waals surface area contributed by atoms with E-state index in [1.807, 2.05) is 0 Å². The molecule has 0 aliphatic carbocycles. The number of hydrogen-bond acceptors (Lipinski definition) is 12. The number of anilines is 3. The van der Waals surface area contributed by atoms with Gasteiger partial charge in [-0.3, -0.25) is 14.9 Å². The van der Waals surface area contributed by atoms with Crippen LogP contribution in [0.4, 0.5) is 21.5 Å². The number of nitrogens with zero attached hydrogens (tertiary/aromatic N) is 2. The highest BCUT2D eigenvalue weighted by molar-refractivity contribution is 7.19. The summed E-state index contributed by atoms with van der Waals surface area (Å²) in [6, 6.07) is 4.98. The molecule has 0 fully saturated rings. The number of thiazole rings is 1. The molecule has 2 amide bonds. The second kappa shape index (κ2) is 20.0. The lowest BCUT2D eigenvalue weighted by Crippen LogP contribution is -2.17. The van der Waals surface area contributed by atoms with Crippen molar-refractivity contribution in [2.45, 2.75) is 27.2 Å². The standard InChI is InChI=1S/C26H39N5O8S/c1-4-8-35-10-12-37-14-16-39-17-15-38-13-11-36-9-7-27-21-5-6-22(23(18-21)29-20(3)32)24(33)30-26-28-19(2)25(31-34)40-26/h5-6,18,27H,4,7-17H2,1-3H3,(H,29,32)(H,28,30,33). The minimum atomic E-state index is -0.475. The summed E-state index contributed by atoms with van der Waals surface area (Å²) in [7, 11) is 0. The van der Waals surface area contributed by atoms with Crippen molar-refractivity contribution in [2.75, 3.05) is 88.6 Å². The van der Waals surface area contributed by atoms with E-state index in [-0.39, 0.29) is 21.6 Å².